The number of likely N-dealkylation sites (tertiary alicyclic amines) is 1. The number of aromatic nitrogens is 4. The molecule has 1 atom stereocenters. The number of halogens is 3. The molecule has 2 fully saturated rings. The molecule has 1 amide bonds. The molecule has 3 heterocycles. The van der Waals surface area contributed by atoms with E-state index in [1.807, 2.05) is 13.8 Å². The van der Waals surface area contributed by atoms with Gasteiger partial charge in [-0.15, -0.1) is 0 Å². The summed E-state index contributed by atoms with van der Waals surface area (Å²) in [5.74, 6) is -3.73. The van der Waals surface area contributed by atoms with Gasteiger partial charge in [0, 0.05) is 29.8 Å². The molecule has 10 nitrogen and oxygen atoms in total. The number of nitrogens with two attached hydrogens (primary N) is 1. The number of nitrogen functional groups attached to an aromatic ring is 1. The lowest BCUT2D eigenvalue weighted by atomic mass is 10.0. The monoisotopic (exact) mass is 616 g/mol. The maximum Gasteiger partial charge on any atom is 0.264 e. The molecule has 1 aliphatic carbocycles. The van der Waals surface area contributed by atoms with Crippen molar-refractivity contribution in [2.75, 3.05) is 12.3 Å². The van der Waals surface area contributed by atoms with E-state index < -0.39 is 23.0 Å². The van der Waals surface area contributed by atoms with Gasteiger partial charge in [-0.3, -0.25) is 4.79 Å². The standard InChI is InChI=1S/C32H31F3N8O2/c1-32(2,40-19-8-9-19)14-18(15-36)31(44)42-12-4-5-20(42)16-43-30-26(29(37)38-17-39-30)28(41-43)22-11-10-21(13-24(22)34)45-25-7-3-6-23(33)27(25)35/h3,6-7,10-11,13-14,17,19-20,40H,4-5,8-9,12,16H2,1-2H3,(H2,37,38,39)/t20-/m1/s1. The molecule has 3 N–H and O–H groups in total. The number of benzene rings is 2. The van der Waals surface area contributed by atoms with Crippen LogP contribution in [0.25, 0.3) is 22.3 Å². The van der Waals surface area contributed by atoms with Gasteiger partial charge in [-0.25, -0.2) is 23.4 Å². The van der Waals surface area contributed by atoms with E-state index in [-0.39, 0.29) is 52.6 Å². The summed E-state index contributed by atoms with van der Waals surface area (Å²) in [4.78, 5) is 23.7. The quantitative estimate of drug-likeness (QED) is 0.192. The first kappa shape index (κ1) is 30.1. The smallest absolute Gasteiger partial charge is 0.264 e. The van der Waals surface area contributed by atoms with Gasteiger partial charge in [0.05, 0.1) is 18.0 Å². The largest absolute Gasteiger partial charge is 0.454 e. The maximum atomic E-state index is 15.5. The van der Waals surface area contributed by atoms with Gasteiger partial charge < -0.3 is 20.7 Å². The van der Waals surface area contributed by atoms with Crippen LogP contribution in [0.2, 0.25) is 0 Å². The Morgan fingerprint density at radius 2 is 1.98 bits per heavy atom. The Labute approximate surface area is 257 Å². The van der Waals surface area contributed by atoms with E-state index in [1.165, 1.54) is 30.6 Å². The first-order chi connectivity index (χ1) is 21.5. The zero-order valence-electron chi connectivity index (χ0n) is 24.7. The number of ether oxygens (including phenoxy) is 1. The Bertz CT molecular complexity index is 1860. The molecule has 0 bridgehead atoms. The van der Waals surface area contributed by atoms with Crippen LogP contribution in [0.15, 0.2) is 54.4 Å². The minimum absolute atomic E-state index is 0.0503. The van der Waals surface area contributed by atoms with E-state index in [4.69, 9.17) is 10.5 Å². The molecule has 2 aromatic heterocycles. The Balaban J connectivity index is 1.29. The first-order valence-corrected chi connectivity index (χ1v) is 14.6. The number of fused-ring (bicyclic) bond motifs is 1. The number of carbonyl (C=O) groups is 1. The zero-order valence-corrected chi connectivity index (χ0v) is 24.7. The molecular weight excluding hydrogens is 585 g/mol. The van der Waals surface area contributed by atoms with Crippen LogP contribution in [0.5, 0.6) is 11.5 Å². The van der Waals surface area contributed by atoms with Gasteiger partial charge in [0.15, 0.2) is 17.2 Å². The molecule has 2 aromatic carbocycles. The summed E-state index contributed by atoms with van der Waals surface area (Å²) in [5, 5.41) is 18.3. The topological polar surface area (TPSA) is 135 Å². The van der Waals surface area contributed by atoms with E-state index in [0.29, 0.717) is 30.0 Å². The molecule has 45 heavy (non-hydrogen) atoms. The molecule has 0 spiro atoms. The summed E-state index contributed by atoms with van der Waals surface area (Å²) < 4.78 is 50.2. The molecule has 4 aromatic rings. The van der Waals surface area contributed by atoms with E-state index in [0.717, 1.165) is 31.4 Å². The third-order valence-electron chi connectivity index (χ3n) is 7.93. The van der Waals surface area contributed by atoms with Crippen LogP contribution >= 0.6 is 0 Å². The predicted molar refractivity (Wildman–Crippen MR) is 160 cm³/mol. The van der Waals surface area contributed by atoms with Crippen molar-refractivity contribution in [3.05, 3.63) is 71.8 Å². The SMILES string of the molecule is CC(C)(C=C(C#N)C(=O)N1CCC[C@@H]1Cn1nc(-c2ccc(Oc3cccc(F)c3F)cc2F)c2c(N)ncnc21)NC1CC1. The van der Waals surface area contributed by atoms with Crippen LogP contribution in [0.4, 0.5) is 19.0 Å². The molecule has 1 aliphatic heterocycles. The Kier molecular flexibility index (Phi) is 7.92. The molecule has 13 heteroatoms. The first-order valence-electron chi connectivity index (χ1n) is 14.6. The second-order valence-corrected chi connectivity index (χ2v) is 11.9. The molecule has 2 aliphatic rings. The van der Waals surface area contributed by atoms with Crippen LogP contribution in [-0.4, -0.2) is 54.7 Å². The summed E-state index contributed by atoms with van der Waals surface area (Å²) in [6.07, 6.45) is 6.53. The molecule has 6 rings (SSSR count). The molecule has 232 valence electrons. The minimum atomic E-state index is -1.19. The van der Waals surface area contributed by atoms with E-state index in [9.17, 15) is 18.8 Å². The third-order valence-corrected chi connectivity index (χ3v) is 7.93. The van der Waals surface area contributed by atoms with Gasteiger partial charge in [-0.05, 0) is 69.9 Å². The number of hydrogen-bond acceptors (Lipinski definition) is 8. The highest BCUT2D eigenvalue weighted by atomic mass is 19.2. The van der Waals surface area contributed by atoms with E-state index >= 15 is 4.39 Å². The van der Waals surface area contributed by atoms with Crippen molar-refractivity contribution in [1.82, 2.24) is 30.0 Å². The van der Waals surface area contributed by atoms with Gasteiger partial charge in [-0.1, -0.05) is 6.07 Å². The number of amides is 1. The number of rotatable bonds is 9. The maximum absolute atomic E-state index is 15.5. The minimum Gasteiger partial charge on any atom is -0.454 e. The van der Waals surface area contributed by atoms with Crippen LogP contribution in [-0.2, 0) is 11.3 Å². The summed E-state index contributed by atoms with van der Waals surface area (Å²) in [7, 11) is 0. The van der Waals surface area contributed by atoms with Crippen molar-refractivity contribution in [3.63, 3.8) is 0 Å². The summed E-state index contributed by atoms with van der Waals surface area (Å²) in [6.45, 7) is 4.58. The van der Waals surface area contributed by atoms with Crippen molar-refractivity contribution in [1.29, 1.82) is 5.26 Å². The van der Waals surface area contributed by atoms with Gasteiger partial charge >= 0.3 is 0 Å². The number of hydrogen-bond donors (Lipinski definition) is 2. The second-order valence-electron chi connectivity index (χ2n) is 11.9. The van der Waals surface area contributed by atoms with Gasteiger partial charge in [0.25, 0.3) is 5.91 Å². The lowest BCUT2D eigenvalue weighted by Crippen LogP contribution is -2.42. The fourth-order valence-electron chi connectivity index (χ4n) is 5.73. The predicted octanol–water partition coefficient (Wildman–Crippen LogP) is 5.26. The molecule has 1 saturated carbocycles. The lowest BCUT2D eigenvalue weighted by molar-refractivity contribution is -0.127. The van der Waals surface area contributed by atoms with E-state index in [2.05, 4.69) is 26.5 Å². The van der Waals surface area contributed by atoms with E-state index in [1.54, 1.807) is 15.7 Å². The number of anilines is 1. The highest BCUT2D eigenvalue weighted by molar-refractivity contribution is 5.99. The highest BCUT2D eigenvalue weighted by Gasteiger charge is 2.34. The second kappa shape index (κ2) is 11.9. The Morgan fingerprint density at radius 3 is 2.71 bits per heavy atom. The normalized spacial score (nSPS) is 17.1. The fourth-order valence-corrected chi connectivity index (χ4v) is 5.73. The summed E-state index contributed by atoms with van der Waals surface area (Å²) in [6, 6.07) is 9.48. The number of nitrogens with zero attached hydrogens (tertiary/aromatic N) is 6. The number of nitrogens with one attached hydrogen (secondary N) is 1. The summed E-state index contributed by atoms with van der Waals surface area (Å²) >= 11 is 0. The van der Waals surface area contributed by atoms with Gasteiger partial charge in [0.1, 0.15) is 41.0 Å². The Hall–Kier alpha value is -4.96. The van der Waals surface area contributed by atoms with Gasteiger partial charge in [-0.2, -0.15) is 14.8 Å². The van der Waals surface area contributed by atoms with Crippen LogP contribution in [0.3, 0.4) is 0 Å². The number of nitriles is 1. The van der Waals surface area contributed by atoms with Crippen molar-refractivity contribution in [2.45, 2.75) is 63.7 Å². The average molecular weight is 617 g/mol. The molecule has 0 unspecified atom stereocenters. The van der Waals surface area contributed by atoms with Gasteiger partial charge in [0.2, 0.25) is 5.82 Å². The molecule has 1 saturated heterocycles. The molecule has 0 radical (unpaired) electrons. The van der Waals surface area contributed by atoms with Crippen molar-refractivity contribution < 1.29 is 22.7 Å². The van der Waals surface area contributed by atoms with Crippen LogP contribution in [0.1, 0.15) is 39.5 Å². The fraction of sp³-hybridized carbons (Fsp3) is 0.344. The van der Waals surface area contributed by atoms with Crippen LogP contribution in [0, 0.1) is 28.8 Å². The average Bonchev–Trinajstić information content (AvgIpc) is 3.54. The van der Waals surface area contributed by atoms with Crippen molar-refractivity contribution in [2.24, 2.45) is 0 Å². The van der Waals surface area contributed by atoms with Crippen molar-refractivity contribution >= 4 is 22.8 Å². The third kappa shape index (κ3) is 6.19. The molecular formula is C32H31F3N8O2. The highest BCUT2D eigenvalue weighted by Crippen LogP contribution is 2.35. The Morgan fingerprint density at radius 1 is 1.18 bits per heavy atom. The lowest BCUT2D eigenvalue weighted by Gasteiger charge is -2.27. The van der Waals surface area contributed by atoms with Crippen molar-refractivity contribution in [3.8, 4) is 28.8 Å². The zero-order chi connectivity index (χ0) is 31.9. The number of carbonyl (C=O) groups excluding carboxylic acids is 1. The van der Waals surface area contributed by atoms with Crippen LogP contribution < -0.4 is 15.8 Å². The summed E-state index contributed by atoms with van der Waals surface area (Å²) in [5.41, 5.74) is 6.35.